The number of nitriles is 1. The Labute approximate surface area is 243 Å². The highest BCUT2D eigenvalue weighted by molar-refractivity contribution is 7.21. The van der Waals surface area contributed by atoms with Crippen molar-refractivity contribution >= 4 is 32.3 Å². The highest BCUT2D eigenvalue weighted by Gasteiger charge is 2.12. The molecule has 7 aromatic rings. The molecule has 200 valence electrons. The van der Waals surface area contributed by atoms with Crippen molar-refractivity contribution in [2.45, 2.75) is 0 Å². The summed E-state index contributed by atoms with van der Waals surface area (Å²) in [6, 6.07) is 38.0. The fraction of sp³-hybridized carbons (Fsp3) is 0. The lowest BCUT2D eigenvalue weighted by Crippen LogP contribution is -1.91. The highest BCUT2D eigenvalue weighted by atomic mass is 32.1. The summed E-state index contributed by atoms with van der Waals surface area (Å²) in [6.45, 7) is 0. The molecule has 0 bridgehead atoms. The van der Waals surface area contributed by atoms with Gasteiger partial charge in [0.1, 0.15) is 5.01 Å². The Kier molecular flexibility index (Phi) is 6.30. The van der Waals surface area contributed by atoms with Gasteiger partial charge in [-0.3, -0.25) is 0 Å². The maximum absolute atomic E-state index is 13.7. The van der Waals surface area contributed by atoms with Gasteiger partial charge in [0.15, 0.2) is 17.5 Å². The zero-order valence-electron chi connectivity index (χ0n) is 21.9. The molecule has 0 saturated heterocycles. The van der Waals surface area contributed by atoms with Crippen LogP contribution in [0.2, 0.25) is 0 Å². The van der Waals surface area contributed by atoms with E-state index in [0.717, 1.165) is 65.9 Å². The molecule has 6 aromatic carbocycles. The number of hydrogen-bond acceptors (Lipinski definition) is 3. The molecule has 0 spiro atoms. The minimum atomic E-state index is -1.47. The van der Waals surface area contributed by atoms with Crippen LogP contribution in [0.4, 0.5) is 13.2 Å². The molecule has 0 radical (unpaired) electrons. The molecule has 0 unspecified atom stereocenters. The fourth-order valence-electron chi connectivity index (χ4n) is 5.11. The summed E-state index contributed by atoms with van der Waals surface area (Å²) in [5.74, 6) is -3.88. The Hall–Kier alpha value is -5.25. The second-order valence-corrected chi connectivity index (χ2v) is 11.0. The van der Waals surface area contributed by atoms with Gasteiger partial charge in [0, 0.05) is 5.56 Å². The zero-order valence-corrected chi connectivity index (χ0v) is 22.7. The Morgan fingerprint density at radius 2 is 1.02 bits per heavy atom. The van der Waals surface area contributed by atoms with Crippen LogP contribution in [0.3, 0.4) is 0 Å². The second kappa shape index (κ2) is 10.3. The van der Waals surface area contributed by atoms with Crippen LogP contribution in [0.25, 0.3) is 64.9 Å². The van der Waals surface area contributed by atoms with Gasteiger partial charge in [0.05, 0.1) is 21.8 Å². The van der Waals surface area contributed by atoms with Crippen LogP contribution < -0.4 is 0 Å². The van der Waals surface area contributed by atoms with Gasteiger partial charge in [-0.15, -0.1) is 11.3 Å². The number of fused-ring (bicyclic) bond motifs is 2. The van der Waals surface area contributed by atoms with Crippen molar-refractivity contribution in [1.29, 1.82) is 5.26 Å². The Morgan fingerprint density at radius 3 is 1.57 bits per heavy atom. The van der Waals surface area contributed by atoms with Crippen molar-refractivity contribution in [3.05, 3.63) is 138 Å². The average Bonchev–Trinajstić information content (AvgIpc) is 3.46. The molecule has 0 saturated carbocycles. The maximum Gasteiger partial charge on any atom is 0.194 e. The minimum absolute atomic E-state index is 0.284. The quantitative estimate of drug-likeness (QED) is 0.198. The van der Waals surface area contributed by atoms with Crippen LogP contribution in [0.5, 0.6) is 0 Å². The minimum Gasteiger partial charge on any atom is -0.236 e. The molecule has 2 nitrogen and oxygen atoms in total. The van der Waals surface area contributed by atoms with E-state index in [4.69, 9.17) is 10.2 Å². The molecule has 0 aliphatic carbocycles. The SMILES string of the molecule is N#Cc1ccc2nc(-c3ccc(-c4ccc5cc(-c6ccc(-c7cc(F)c(F)c(F)c7)cc6)ccc5c4)cc3)sc2c1. The summed E-state index contributed by atoms with van der Waals surface area (Å²) in [5, 5.41) is 12.3. The van der Waals surface area contributed by atoms with Crippen molar-refractivity contribution < 1.29 is 13.2 Å². The van der Waals surface area contributed by atoms with Crippen LogP contribution >= 0.6 is 11.3 Å². The first-order chi connectivity index (χ1) is 20.4. The van der Waals surface area contributed by atoms with Gasteiger partial charge < -0.3 is 0 Å². The molecule has 0 atom stereocenters. The Morgan fingerprint density at radius 1 is 0.524 bits per heavy atom. The summed E-state index contributed by atoms with van der Waals surface area (Å²) in [5.41, 5.74) is 7.62. The summed E-state index contributed by atoms with van der Waals surface area (Å²) < 4.78 is 41.7. The normalized spacial score (nSPS) is 11.2. The first-order valence-corrected chi connectivity index (χ1v) is 14.0. The van der Waals surface area contributed by atoms with E-state index < -0.39 is 17.5 Å². The van der Waals surface area contributed by atoms with Gasteiger partial charge in [0.25, 0.3) is 0 Å². The third-order valence-electron chi connectivity index (χ3n) is 7.36. The average molecular weight is 569 g/mol. The van der Waals surface area contributed by atoms with E-state index >= 15 is 0 Å². The van der Waals surface area contributed by atoms with E-state index in [0.29, 0.717) is 11.1 Å². The predicted octanol–water partition coefficient (Wildman–Crippen LogP) is 10.4. The molecule has 6 heteroatoms. The monoisotopic (exact) mass is 568 g/mol. The third kappa shape index (κ3) is 4.70. The molecule has 1 aromatic heterocycles. The topological polar surface area (TPSA) is 36.7 Å². The predicted molar refractivity (Wildman–Crippen MR) is 163 cm³/mol. The molecular weight excluding hydrogens is 549 g/mol. The van der Waals surface area contributed by atoms with Crippen molar-refractivity contribution in [3.63, 3.8) is 0 Å². The van der Waals surface area contributed by atoms with Gasteiger partial charge in [-0.2, -0.15) is 5.26 Å². The van der Waals surface area contributed by atoms with Crippen molar-refractivity contribution in [2.24, 2.45) is 0 Å². The van der Waals surface area contributed by atoms with Gasteiger partial charge in [-0.05, 0) is 86.6 Å². The zero-order chi connectivity index (χ0) is 28.8. The van der Waals surface area contributed by atoms with Gasteiger partial charge in [0.2, 0.25) is 0 Å². The molecule has 7 rings (SSSR count). The fourth-order valence-corrected chi connectivity index (χ4v) is 6.12. The molecule has 0 aliphatic heterocycles. The molecule has 0 N–H and O–H groups in total. The van der Waals surface area contributed by atoms with Gasteiger partial charge in [-0.1, -0.05) is 72.8 Å². The summed E-state index contributed by atoms with van der Waals surface area (Å²) in [4.78, 5) is 4.73. The van der Waals surface area contributed by atoms with Gasteiger partial charge in [-0.25, -0.2) is 18.2 Å². The number of hydrogen-bond donors (Lipinski definition) is 0. The molecular formula is C36H19F3N2S. The number of rotatable bonds is 4. The maximum atomic E-state index is 13.7. The van der Waals surface area contributed by atoms with Crippen LogP contribution in [0.15, 0.2) is 115 Å². The number of benzene rings is 6. The molecule has 0 amide bonds. The van der Waals surface area contributed by atoms with E-state index in [1.165, 1.54) is 0 Å². The van der Waals surface area contributed by atoms with Gasteiger partial charge >= 0.3 is 0 Å². The van der Waals surface area contributed by atoms with Crippen molar-refractivity contribution in [3.8, 4) is 50.0 Å². The molecule has 0 aliphatic rings. The standard InChI is InChI=1S/C36H19F3N2S/c37-31-18-30(19-32(38)35(31)39)24-4-2-22(3-5-24)26-10-12-29-17-27(11-13-28(29)16-26)23-6-8-25(9-7-23)36-41-33-14-1-21(20-40)15-34(33)42-36/h1-19H. The van der Waals surface area contributed by atoms with E-state index in [1.54, 1.807) is 29.5 Å². The van der Waals surface area contributed by atoms with Crippen molar-refractivity contribution in [2.75, 3.05) is 0 Å². The molecule has 42 heavy (non-hydrogen) atoms. The Balaban J connectivity index is 1.13. The molecule has 1 heterocycles. The lowest BCUT2D eigenvalue weighted by molar-refractivity contribution is 0.448. The number of halogens is 3. The van der Waals surface area contributed by atoms with E-state index in [-0.39, 0.29) is 5.56 Å². The summed E-state index contributed by atoms with van der Waals surface area (Å²) >= 11 is 1.58. The van der Waals surface area contributed by atoms with E-state index in [2.05, 4.69) is 60.7 Å². The van der Waals surface area contributed by atoms with Crippen molar-refractivity contribution in [1.82, 2.24) is 4.98 Å². The third-order valence-corrected chi connectivity index (χ3v) is 8.43. The summed E-state index contributed by atoms with van der Waals surface area (Å²) in [7, 11) is 0. The lowest BCUT2D eigenvalue weighted by atomic mass is 9.96. The smallest absolute Gasteiger partial charge is 0.194 e. The van der Waals surface area contributed by atoms with E-state index in [9.17, 15) is 13.2 Å². The van der Waals surface area contributed by atoms with E-state index in [1.807, 2.05) is 30.3 Å². The van der Waals surface area contributed by atoms with Crippen LogP contribution in [0, 0.1) is 28.8 Å². The largest absolute Gasteiger partial charge is 0.236 e. The van der Waals surface area contributed by atoms with Crippen LogP contribution in [-0.4, -0.2) is 4.98 Å². The Bertz CT molecular complexity index is 2150. The lowest BCUT2D eigenvalue weighted by Gasteiger charge is -2.09. The highest BCUT2D eigenvalue weighted by Crippen LogP contribution is 2.34. The molecule has 0 fully saturated rings. The number of thiazole rings is 1. The number of nitrogens with zero attached hydrogens (tertiary/aromatic N) is 2. The van der Waals surface area contributed by atoms with Crippen LogP contribution in [0.1, 0.15) is 5.56 Å². The summed E-state index contributed by atoms with van der Waals surface area (Å²) in [6.07, 6.45) is 0. The second-order valence-electron chi connectivity index (χ2n) is 10.00. The van der Waals surface area contributed by atoms with Crippen LogP contribution in [-0.2, 0) is 0 Å². The number of aromatic nitrogens is 1. The first-order valence-electron chi connectivity index (χ1n) is 13.2. The first kappa shape index (κ1) is 25.7.